The van der Waals surface area contributed by atoms with Crippen molar-refractivity contribution < 1.29 is 0 Å². The molecule has 1 N–H and O–H groups in total. The Hall–Kier alpha value is -1.35. The first kappa shape index (κ1) is 13.7. The van der Waals surface area contributed by atoms with E-state index in [4.69, 9.17) is 0 Å². The second-order valence-corrected chi connectivity index (χ2v) is 4.04. The minimum atomic E-state index is 0.853. The molecule has 0 spiro atoms. The molecule has 0 aliphatic heterocycles. The summed E-state index contributed by atoms with van der Waals surface area (Å²) in [6.45, 7) is 11.9. The van der Waals surface area contributed by atoms with Gasteiger partial charge in [0.05, 0.1) is 0 Å². The molecule has 0 aliphatic carbocycles. The summed E-state index contributed by atoms with van der Waals surface area (Å²) in [6, 6.07) is 4.21. The molecule has 1 aromatic rings. The highest BCUT2D eigenvalue weighted by atomic mass is 15.2. The third-order valence-corrected chi connectivity index (χ3v) is 2.56. The number of hydrogen-bond donors (Lipinski definition) is 1. The third-order valence-electron chi connectivity index (χ3n) is 2.56. The molecule has 0 fully saturated rings. The van der Waals surface area contributed by atoms with Crippen LogP contribution in [0.5, 0.6) is 0 Å². The predicted octanol–water partition coefficient (Wildman–Crippen LogP) is 2.59. The molecule has 0 bridgehead atoms. The number of pyridine rings is 1. The Kier molecular flexibility index (Phi) is 6.33. The fourth-order valence-corrected chi connectivity index (χ4v) is 1.74. The first-order valence-electron chi connectivity index (χ1n) is 6.33. The lowest BCUT2D eigenvalue weighted by Gasteiger charge is -2.21. The van der Waals surface area contributed by atoms with E-state index in [1.165, 1.54) is 5.56 Å². The number of rotatable bonds is 8. The van der Waals surface area contributed by atoms with Crippen LogP contribution in [-0.4, -0.2) is 24.6 Å². The van der Waals surface area contributed by atoms with Crippen LogP contribution in [0.4, 0.5) is 5.82 Å². The number of nitrogens with zero attached hydrogens (tertiary/aromatic N) is 2. The van der Waals surface area contributed by atoms with Gasteiger partial charge < -0.3 is 10.2 Å². The van der Waals surface area contributed by atoms with Gasteiger partial charge in [0.1, 0.15) is 5.82 Å². The highest BCUT2D eigenvalue weighted by Crippen LogP contribution is 2.13. The molecule has 3 heteroatoms. The normalized spacial score (nSPS) is 10.2. The lowest BCUT2D eigenvalue weighted by Crippen LogP contribution is -2.25. The summed E-state index contributed by atoms with van der Waals surface area (Å²) in [5.41, 5.74) is 1.28. The van der Waals surface area contributed by atoms with Gasteiger partial charge in [-0.3, -0.25) is 0 Å². The largest absolute Gasteiger partial charge is 0.353 e. The lowest BCUT2D eigenvalue weighted by molar-refractivity contribution is 0.724. The van der Waals surface area contributed by atoms with Gasteiger partial charge in [0, 0.05) is 25.8 Å². The first-order valence-corrected chi connectivity index (χ1v) is 6.33. The van der Waals surface area contributed by atoms with Crippen molar-refractivity contribution in [3.63, 3.8) is 0 Å². The van der Waals surface area contributed by atoms with Crippen LogP contribution in [0.15, 0.2) is 31.0 Å². The van der Waals surface area contributed by atoms with Crippen LogP contribution in [0.1, 0.15) is 25.8 Å². The summed E-state index contributed by atoms with van der Waals surface area (Å²) in [7, 11) is 0. The molecule has 0 saturated carbocycles. The van der Waals surface area contributed by atoms with Crippen LogP contribution in [-0.2, 0) is 6.54 Å². The molecular weight excluding hydrogens is 210 g/mol. The molecule has 3 nitrogen and oxygen atoms in total. The minimum Gasteiger partial charge on any atom is -0.353 e. The molecule has 94 valence electrons. The first-order chi connectivity index (χ1) is 8.31. The van der Waals surface area contributed by atoms with Crippen molar-refractivity contribution in [2.24, 2.45) is 0 Å². The zero-order valence-corrected chi connectivity index (χ0v) is 10.9. The zero-order chi connectivity index (χ0) is 12.5. The summed E-state index contributed by atoms with van der Waals surface area (Å²) in [4.78, 5) is 6.69. The monoisotopic (exact) mass is 233 g/mol. The highest BCUT2D eigenvalue weighted by Gasteiger charge is 2.05. The van der Waals surface area contributed by atoms with Gasteiger partial charge in [0.15, 0.2) is 0 Å². The molecule has 0 radical (unpaired) electrons. The predicted molar refractivity (Wildman–Crippen MR) is 74.3 cm³/mol. The van der Waals surface area contributed by atoms with E-state index in [9.17, 15) is 0 Å². The van der Waals surface area contributed by atoms with Crippen molar-refractivity contribution >= 4 is 5.82 Å². The second kappa shape index (κ2) is 7.85. The van der Waals surface area contributed by atoms with E-state index in [0.29, 0.717) is 0 Å². The van der Waals surface area contributed by atoms with Crippen molar-refractivity contribution in [1.29, 1.82) is 0 Å². The fraction of sp³-hybridized carbons (Fsp3) is 0.500. The van der Waals surface area contributed by atoms with Crippen LogP contribution in [0.3, 0.4) is 0 Å². The Morgan fingerprint density at radius 3 is 2.94 bits per heavy atom. The molecule has 0 aliphatic rings. The number of nitrogens with one attached hydrogen (secondary N) is 1. The van der Waals surface area contributed by atoms with Crippen molar-refractivity contribution in [1.82, 2.24) is 10.3 Å². The van der Waals surface area contributed by atoms with Crippen molar-refractivity contribution in [2.45, 2.75) is 26.8 Å². The molecule has 0 amide bonds. The molecule has 17 heavy (non-hydrogen) atoms. The van der Waals surface area contributed by atoms with Crippen LogP contribution in [0.25, 0.3) is 0 Å². The van der Waals surface area contributed by atoms with E-state index in [1.807, 2.05) is 12.3 Å². The topological polar surface area (TPSA) is 28.2 Å². The van der Waals surface area contributed by atoms with E-state index in [2.05, 4.69) is 47.8 Å². The van der Waals surface area contributed by atoms with Crippen molar-refractivity contribution in [2.75, 3.05) is 24.5 Å². The van der Waals surface area contributed by atoms with E-state index < -0.39 is 0 Å². The fourth-order valence-electron chi connectivity index (χ4n) is 1.74. The Morgan fingerprint density at radius 1 is 1.47 bits per heavy atom. The van der Waals surface area contributed by atoms with Crippen LogP contribution < -0.4 is 10.2 Å². The Labute approximate surface area is 105 Å². The maximum absolute atomic E-state index is 4.44. The van der Waals surface area contributed by atoms with Gasteiger partial charge in [0.2, 0.25) is 0 Å². The standard InChI is InChI=1S/C14H23N3/c1-4-9-17(10-5-2)14-11-13(7-8-16-14)12-15-6-3/h4,7-8,11,15H,1,5-6,9-10,12H2,2-3H3. The smallest absolute Gasteiger partial charge is 0.129 e. The van der Waals surface area contributed by atoms with E-state index in [-0.39, 0.29) is 0 Å². The highest BCUT2D eigenvalue weighted by molar-refractivity contribution is 5.41. The van der Waals surface area contributed by atoms with Crippen LogP contribution in [0.2, 0.25) is 0 Å². The molecule has 1 aromatic heterocycles. The summed E-state index contributed by atoms with van der Waals surface area (Å²) in [5.74, 6) is 1.04. The van der Waals surface area contributed by atoms with Crippen molar-refractivity contribution in [3.05, 3.63) is 36.5 Å². The molecule has 1 rings (SSSR count). The van der Waals surface area contributed by atoms with E-state index >= 15 is 0 Å². The Bertz CT molecular complexity index is 336. The van der Waals surface area contributed by atoms with Gasteiger partial charge >= 0.3 is 0 Å². The molecule has 0 unspecified atom stereocenters. The zero-order valence-electron chi connectivity index (χ0n) is 10.9. The average Bonchev–Trinajstić information content (AvgIpc) is 2.36. The van der Waals surface area contributed by atoms with Gasteiger partial charge in [-0.05, 0) is 30.7 Å². The molecule has 0 atom stereocenters. The maximum Gasteiger partial charge on any atom is 0.129 e. The summed E-state index contributed by atoms with van der Waals surface area (Å²) < 4.78 is 0. The van der Waals surface area contributed by atoms with Crippen LogP contribution >= 0.6 is 0 Å². The van der Waals surface area contributed by atoms with E-state index in [0.717, 1.165) is 38.4 Å². The Morgan fingerprint density at radius 2 is 2.29 bits per heavy atom. The molecule has 0 aromatic carbocycles. The van der Waals surface area contributed by atoms with E-state index in [1.54, 1.807) is 0 Å². The summed E-state index contributed by atoms with van der Waals surface area (Å²) in [6.07, 6.45) is 4.93. The van der Waals surface area contributed by atoms with Crippen LogP contribution in [0, 0.1) is 0 Å². The van der Waals surface area contributed by atoms with Gasteiger partial charge in [-0.1, -0.05) is 19.9 Å². The Balaban J connectivity index is 2.75. The summed E-state index contributed by atoms with van der Waals surface area (Å²) in [5, 5.41) is 3.33. The van der Waals surface area contributed by atoms with Gasteiger partial charge in [-0.15, -0.1) is 6.58 Å². The SMILES string of the molecule is C=CCN(CCC)c1cc(CNCC)ccn1. The van der Waals surface area contributed by atoms with Crippen molar-refractivity contribution in [3.8, 4) is 0 Å². The quantitative estimate of drug-likeness (QED) is 0.700. The second-order valence-electron chi connectivity index (χ2n) is 4.04. The summed E-state index contributed by atoms with van der Waals surface area (Å²) >= 11 is 0. The maximum atomic E-state index is 4.44. The average molecular weight is 233 g/mol. The number of anilines is 1. The van der Waals surface area contributed by atoms with Gasteiger partial charge in [-0.25, -0.2) is 4.98 Å². The van der Waals surface area contributed by atoms with Gasteiger partial charge in [0.25, 0.3) is 0 Å². The lowest BCUT2D eigenvalue weighted by atomic mass is 10.2. The minimum absolute atomic E-state index is 0.853. The third kappa shape index (κ3) is 4.57. The molecule has 0 saturated heterocycles. The molecular formula is C14H23N3. The number of aromatic nitrogens is 1. The van der Waals surface area contributed by atoms with Gasteiger partial charge in [-0.2, -0.15) is 0 Å². The molecule has 1 heterocycles. The number of hydrogen-bond acceptors (Lipinski definition) is 3.